The molecule has 0 aliphatic heterocycles. The molecule has 0 unspecified atom stereocenters. The number of aryl methyl sites for hydroxylation is 3. The Morgan fingerprint density at radius 3 is 2.21 bits per heavy atom. The molecule has 0 saturated carbocycles. The fraction of sp³-hybridized carbons (Fsp3) is 0.120. The number of hydrogen-bond acceptors (Lipinski definition) is 6. The highest BCUT2D eigenvalue weighted by Crippen LogP contribution is 2.21. The topological polar surface area (TPSA) is 101 Å². The molecule has 0 spiro atoms. The van der Waals surface area contributed by atoms with Gasteiger partial charge in [0, 0.05) is 42.1 Å². The summed E-state index contributed by atoms with van der Waals surface area (Å²) in [5.74, 6) is 0.683. The Morgan fingerprint density at radius 2 is 1.48 bits per heavy atom. The molecule has 0 fully saturated rings. The average Bonchev–Trinajstić information content (AvgIpc) is 2.78. The SMILES string of the molecule is Cc1ccc(Nc2cc(C)nc(Nc3ccc(NC(=O)c4cccn(C)c4=O)cc3)n2)cc1. The summed E-state index contributed by atoms with van der Waals surface area (Å²) in [5.41, 5.74) is 4.02. The van der Waals surface area contributed by atoms with Gasteiger partial charge >= 0.3 is 0 Å². The van der Waals surface area contributed by atoms with Crippen molar-refractivity contribution in [3.05, 3.63) is 100 Å². The number of carbonyl (C=O) groups excluding carboxylic acids is 1. The van der Waals surface area contributed by atoms with Crippen LogP contribution in [0, 0.1) is 13.8 Å². The molecule has 2 aromatic heterocycles. The predicted octanol–water partition coefficient (Wildman–Crippen LogP) is 4.53. The van der Waals surface area contributed by atoms with Gasteiger partial charge in [-0.2, -0.15) is 4.98 Å². The zero-order chi connectivity index (χ0) is 23.4. The van der Waals surface area contributed by atoms with Gasteiger partial charge in [0.1, 0.15) is 11.4 Å². The highest BCUT2D eigenvalue weighted by Gasteiger charge is 2.11. The Hall–Kier alpha value is -4.46. The lowest BCUT2D eigenvalue weighted by Crippen LogP contribution is -2.26. The third-order valence-corrected chi connectivity index (χ3v) is 4.95. The number of aromatic nitrogens is 3. The van der Waals surface area contributed by atoms with Crippen LogP contribution in [0.1, 0.15) is 21.6 Å². The Kier molecular flexibility index (Phi) is 6.17. The second kappa shape index (κ2) is 9.35. The van der Waals surface area contributed by atoms with Crippen LogP contribution in [0.25, 0.3) is 0 Å². The van der Waals surface area contributed by atoms with Crippen LogP contribution in [-0.2, 0) is 7.05 Å². The highest BCUT2D eigenvalue weighted by atomic mass is 16.2. The first-order valence-electron chi connectivity index (χ1n) is 10.4. The van der Waals surface area contributed by atoms with E-state index in [1.165, 1.54) is 16.2 Å². The monoisotopic (exact) mass is 440 g/mol. The number of rotatable bonds is 6. The van der Waals surface area contributed by atoms with Crippen molar-refractivity contribution >= 4 is 34.7 Å². The number of hydrogen-bond donors (Lipinski definition) is 3. The molecular formula is C25H24N6O2. The van der Waals surface area contributed by atoms with Crippen molar-refractivity contribution in [3.63, 3.8) is 0 Å². The fourth-order valence-electron chi connectivity index (χ4n) is 3.21. The fourth-order valence-corrected chi connectivity index (χ4v) is 3.21. The third-order valence-electron chi connectivity index (χ3n) is 4.95. The number of carbonyl (C=O) groups is 1. The van der Waals surface area contributed by atoms with Crippen molar-refractivity contribution in [2.45, 2.75) is 13.8 Å². The second-order valence-corrected chi connectivity index (χ2v) is 7.70. The van der Waals surface area contributed by atoms with Gasteiger partial charge < -0.3 is 20.5 Å². The maximum absolute atomic E-state index is 12.4. The van der Waals surface area contributed by atoms with Gasteiger partial charge in [-0.3, -0.25) is 9.59 Å². The van der Waals surface area contributed by atoms with Crippen molar-refractivity contribution in [2.24, 2.45) is 7.05 Å². The molecule has 2 aromatic carbocycles. The van der Waals surface area contributed by atoms with Crippen LogP contribution in [0.4, 0.5) is 28.8 Å². The molecule has 1 amide bonds. The molecule has 0 aliphatic rings. The zero-order valence-electron chi connectivity index (χ0n) is 18.6. The van der Waals surface area contributed by atoms with Gasteiger partial charge in [-0.15, -0.1) is 0 Å². The smallest absolute Gasteiger partial charge is 0.263 e. The van der Waals surface area contributed by atoms with Gasteiger partial charge in [0.05, 0.1) is 0 Å². The van der Waals surface area contributed by atoms with Crippen LogP contribution >= 0.6 is 0 Å². The summed E-state index contributed by atoms with van der Waals surface area (Å²) >= 11 is 0. The van der Waals surface area contributed by atoms with E-state index >= 15 is 0 Å². The Labute approximate surface area is 191 Å². The first kappa shape index (κ1) is 21.8. The predicted molar refractivity (Wildman–Crippen MR) is 131 cm³/mol. The number of benzene rings is 2. The summed E-state index contributed by atoms with van der Waals surface area (Å²) in [6.07, 6.45) is 1.61. The number of pyridine rings is 1. The van der Waals surface area contributed by atoms with Gasteiger partial charge in [-0.1, -0.05) is 17.7 Å². The lowest BCUT2D eigenvalue weighted by molar-refractivity contribution is 0.102. The lowest BCUT2D eigenvalue weighted by atomic mass is 10.2. The van der Waals surface area contributed by atoms with Crippen LogP contribution in [0.2, 0.25) is 0 Å². The van der Waals surface area contributed by atoms with Crippen molar-refractivity contribution < 1.29 is 4.79 Å². The molecule has 0 aliphatic carbocycles. The standard InChI is InChI=1S/C25H24N6O2/c1-16-6-8-18(9-7-16)27-22-15-17(2)26-25(30-22)29-20-12-10-19(11-13-20)28-23(32)21-5-4-14-31(3)24(21)33/h4-15H,1-3H3,(H,28,32)(H2,26,27,29,30). The van der Waals surface area contributed by atoms with E-state index in [4.69, 9.17) is 0 Å². The second-order valence-electron chi connectivity index (χ2n) is 7.70. The van der Waals surface area contributed by atoms with Crippen molar-refractivity contribution in [1.82, 2.24) is 14.5 Å². The maximum atomic E-state index is 12.4. The van der Waals surface area contributed by atoms with E-state index in [1.54, 1.807) is 43.6 Å². The van der Waals surface area contributed by atoms with E-state index in [2.05, 4.69) is 25.9 Å². The Morgan fingerprint density at radius 1 is 0.848 bits per heavy atom. The normalized spacial score (nSPS) is 10.5. The first-order chi connectivity index (χ1) is 15.9. The molecule has 33 heavy (non-hydrogen) atoms. The van der Waals surface area contributed by atoms with E-state index < -0.39 is 5.91 Å². The maximum Gasteiger partial charge on any atom is 0.263 e. The van der Waals surface area contributed by atoms with Gasteiger partial charge in [0.25, 0.3) is 11.5 Å². The zero-order valence-corrected chi connectivity index (χ0v) is 18.6. The third kappa shape index (κ3) is 5.43. The van der Waals surface area contributed by atoms with Crippen LogP contribution in [0.3, 0.4) is 0 Å². The molecule has 0 bridgehead atoms. The Bertz CT molecular complexity index is 1340. The molecule has 0 saturated heterocycles. The average molecular weight is 441 g/mol. The summed E-state index contributed by atoms with van der Waals surface area (Å²) in [5, 5.41) is 9.21. The minimum Gasteiger partial charge on any atom is -0.340 e. The quantitative estimate of drug-likeness (QED) is 0.407. The minimum absolute atomic E-state index is 0.0870. The van der Waals surface area contributed by atoms with E-state index in [-0.39, 0.29) is 11.1 Å². The molecular weight excluding hydrogens is 416 g/mol. The Balaban J connectivity index is 1.45. The largest absolute Gasteiger partial charge is 0.340 e. The van der Waals surface area contributed by atoms with E-state index in [0.29, 0.717) is 17.5 Å². The van der Waals surface area contributed by atoms with Crippen LogP contribution in [0.5, 0.6) is 0 Å². The van der Waals surface area contributed by atoms with Gasteiger partial charge in [-0.05, 0) is 62.4 Å². The minimum atomic E-state index is -0.453. The van der Waals surface area contributed by atoms with Gasteiger partial charge in [0.15, 0.2) is 0 Å². The van der Waals surface area contributed by atoms with Gasteiger partial charge in [-0.25, -0.2) is 4.98 Å². The van der Waals surface area contributed by atoms with E-state index in [0.717, 1.165) is 17.1 Å². The summed E-state index contributed by atoms with van der Waals surface area (Å²) in [4.78, 5) is 33.5. The number of amides is 1. The highest BCUT2D eigenvalue weighted by molar-refractivity contribution is 6.04. The van der Waals surface area contributed by atoms with E-state index in [1.807, 2.05) is 44.2 Å². The van der Waals surface area contributed by atoms with Crippen molar-refractivity contribution in [1.29, 1.82) is 0 Å². The number of nitrogens with zero attached hydrogens (tertiary/aromatic N) is 3. The van der Waals surface area contributed by atoms with Crippen molar-refractivity contribution in [2.75, 3.05) is 16.0 Å². The molecule has 166 valence electrons. The molecule has 3 N–H and O–H groups in total. The number of nitrogens with one attached hydrogen (secondary N) is 3. The van der Waals surface area contributed by atoms with Gasteiger partial charge in [0.2, 0.25) is 5.95 Å². The summed E-state index contributed by atoms with van der Waals surface area (Å²) in [7, 11) is 1.61. The molecule has 2 heterocycles. The number of anilines is 5. The van der Waals surface area contributed by atoms with Crippen LogP contribution in [-0.4, -0.2) is 20.4 Å². The lowest BCUT2D eigenvalue weighted by Gasteiger charge is -2.11. The molecule has 8 heteroatoms. The summed E-state index contributed by atoms with van der Waals surface area (Å²) < 4.78 is 1.37. The van der Waals surface area contributed by atoms with Crippen LogP contribution in [0.15, 0.2) is 77.7 Å². The van der Waals surface area contributed by atoms with Crippen LogP contribution < -0.4 is 21.5 Å². The van der Waals surface area contributed by atoms with Crippen molar-refractivity contribution in [3.8, 4) is 0 Å². The molecule has 4 rings (SSSR count). The first-order valence-corrected chi connectivity index (χ1v) is 10.4. The van der Waals surface area contributed by atoms with E-state index in [9.17, 15) is 9.59 Å². The molecule has 4 aromatic rings. The molecule has 0 atom stereocenters. The summed E-state index contributed by atoms with van der Waals surface area (Å²) in [6.45, 7) is 3.94. The molecule has 0 radical (unpaired) electrons. The molecule has 8 nitrogen and oxygen atoms in total. The summed E-state index contributed by atoms with van der Waals surface area (Å²) in [6, 6.07) is 20.2.